The topological polar surface area (TPSA) is 93.9 Å². The minimum atomic E-state index is -0.431. The van der Waals surface area contributed by atoms with Crippen molar-refractivity contribution < 1.29 is 19.5 Å². The van der Waals surface area contributed by atoms with E-state index in [1.165, 1.54) is 12.1 Å². The first-order valence-electron chi connectivity index (χ1n) is 8.60. The fourth-order valence-corrected chi connectivity index (χ4v) is 2.85. The molecule has 0 saturated carbocycles. The third kappa shape index (κ3) is 6.50. The van der Waals surface area contributed by atoms with Gasteiger partial charge in [0.15, 0.2) is 11.5 Å². The smallest absolute Gasteiger partial charge is 0.269 e. The number of hydrogen-bond donors (Lipinski definition) is 2. The number of ether oxygens (including phenoxy) is 2. The van der Waals surface area contributed by atoms with Crippen molar-refractivity contribution in [1.29, 1.82) is 0 Å². The van der Waals surface area contributed by atoms with E-state index in [0.717, 1.165) is 15.6 Å². The summed E-state index contributed by atoms with van der Waals surface area (Å²) in [6, 6.07) is 9.98. The monoisotopic (exact) mass is 438 g/mol. The number of halogens is 1. The van der Waals surface area contributed by atoms with E-state index in [1.807, 2.05) is 19.1 Å². The van der Waals surface area contributed by atoms with E-state index in [0.29, 0.717) is 31.2 Å². The number of aliphatic hydroxyl groups is 1. The molecule has 2 aromatic carbocycles. The highest BCUT2D eigenvalue weighted by atomic mass is 79.9. The maximum atomic E-state index is 10.7. The van der Waals surface area contributed by atoms with Gasteiger partial charge in [0.25, 0.3) is 5.69 Å². The van der Waals surface area contributed by atoms with Crippen LogP contribution in [0.2, 0.25) is 0 Å². The molecule has 0 radical (unpaired) electrons. The second-order valence-electron chi connectivity index (χ2n) is 6.02. The molecule has 1 unspecified atom stereocenters. The molecule has 1 atom stereocenters. The largest absolute Gasteiger partial charge is 0.490 e. The summed E-state index contributed by atoms with van der Waals surface area (Å²) >= 11 is 3.54. The van der Waals surface area contributed by atoms with Crippen LogP contribution in [0.3, 0.4) is 0 Å². The van der Waals surface area contributed by atoms with Crippen LogP contribution in [-0.4, -0.2) is 29.3 Å². The Morgan fingerprint density at radius 2 is 1.89 bits per heavy atom. The second-order valence-corrected chi connectivity index (χ2v) is 6.87. The Balaban J connectivity index is 2.10. The summed E-state index contributed by atoms with van der Waals surface area (Å²) in [5.41, 5.74) is 1.86. The fraction of sp³-hybridized carbons (Fsp3) is 0.368. The van der Waals surface area contributed by atoms with Crippen molar-refractivity contribution in [2.75, 3.05) is 13.2 Å². The van der Waals surface area contributed by atoms with Gasteiger partial charge < -0.3 is 19.9 Å². The van der Waals surface area contributed by atoms with Crippen LogP contribution in [0.4, 0.5) is 5.69 Å². The Morgan fingerprint density at radius 1 is 1.22 bits per heavy atom. The minimum absolute atomic E-state index is 0.0468. The van der Waals surface area contributed by atoms with E-state index >= 15 is 0 Å². The summed E-state index contributed by atoms with van der Waals surface area (Å²) in [5.74, 6) is 1.21. The molecule has 2 aromatic rings. The van der Waals surface area contributed by atoms with Gasteiger partial charge in [-0.15, -0.1) is 0 Å². The minimum Gasteiger partial charge on any atom is -0.490 e. The van der Waals surface area contributed by atoms with Gasteiger partial charge in [-0.25, -0.2) is 0 Å². The third-order valence-corrected chi connectivity index (χ3v) is 4.45. The van der Waals surface area contributed by atoms with Crippen molar-refractivity contribution >= 4 is 21.6 Å². The van der Waals surface area contributed by atoms with E-state index in [-0.39, 0.29) is 12.3 Å². The van der Waals surface area contributed by atoms with Gasteiger partial charge in [-0.2, -0.15) is 0 Å². The lowest BCUT2D eigenvalue weighted by Gasteiger charge is -2.16. The van der Waals surface area contributed by atoms with Crippen LogP contribution in [0.5, 0.6) is 11.5 Å². The lowest BCUT2D eigenvalue weighted by Crippen LogP contribution is -2.24. The van der Waals surface area contributed by atoms with Gasteiger partial charge in [-0.05, 0) is 49.2 Å². The molecule has 0 aromatic heterocycles. The highest BCUT2D eigenvalue weighted by Crippen LogP contribution is 2.34. The van der Waals surface area contributed by atoms with Crippen LogP contribution in [0.25, 0.3) is 0 Å². The second kappa shape index (κ2) is 10.2. The van der Waals surface area contributed by atoms with E-state index in [2.05, 4.69) is 21.2 Å². The summed E-state index contributed by atoms with van der Waals surface area (Å²) in [6.45, 7) is 5.46. The molecule has 0 aliphatic carbocycles. The maximum Gasteiger partial charge on any atom is 0.269 e. The van der Waals surface area contributed by atoms with Gasteiger partial charge in [-0.3, -0.25) is 10.1 Å². The first-order chi connectivity index (χ1) is 12.9. The average molecular weight is 439 g/mol. The lowest BCUT2D eigenvalue weighted by molar-refractivity contribution is -0.384. The van der Waals surface area contributed by atoms with E-state index in [1.54, 1.807) is 19.1 Å². The molecule has 0 amide bonds. The highest BCUT2D eigenvalue weighted by molar-refractivity contribution is 9.10. The zero-order valence-electron chi connectivity index (χ0n) is 15.3. The van der Waals surface area contributed by atoms with Gasteiger partial charge in [0, 0.05) is 29.7 Å². The van der Waals surface area contributed by atoms with Crippen molar-refractivity contribution in [3.05, 3.63) is 62.1 Å². The normalized spacial score (nSPS) is 11.9. The van der Waals surface area contributed by atoms with Crippen LogP contribution >= 0.6 is 15.9 Å². The maximum absolute atomic E-state index is 10.7. The Labute approximate surface area is 166 Å². The van der Waals surface area contributed by atoms with Crippen LogP contribution in [0.1, 0.15) is 25.0 Å². The van der Waals surface area contributed by atoms with Gasteiger partial charge in [0.05, 0.1) is 17.6 Å². The Morgan fingerprint density at radius 3 is 2.48 bits per heavy atom. The predicted octanol–water partition coefficient (Wildman–Crippen LogP) is 3.81. The summed E-state index contributed by atoms with van der Waals surface area (Å²) in [6.07, 6.45) is -0.417. The number of nitrogens with one attached hydrogen (secondary N) is 1. The molecule has 27 heavy (non-hydrogen) atoms. The molecule has 146 valence electrons. The number of benzene rings is 2. The molecule has 0 aliphatic rings. The number of aliphatic hydroxyl groups excluding tert-OH is 1. The molecule has 7 nitrogen and oxygen atoms in total. The van der Waals surface area contributed by atoms with Crippen molar-refractivity contribution in [3.8, 4) is 11.5 Å². The van der Waals surface area contributed by atoms with Crippen molar-refractivity contribution in [2.24, 2.45) is 0 Å². The van der Waals surface area contributed by atoms with Crippen molar-refractivity contribution in [3.63, 3.8) is 0 Å². The zero-order chi connectivity index (χ0) is 19.8. The molecule has 0 heterocycles. The summed E-state index contributed by atoms with van der Waals surface area (Å²) in [5, 5.41) is 23.2. The number of nitro groups is 1. The number of nitrogens with zero attached hydrogens (tertiary/aromatic N) is 1. The first kappa shape index (κ1) is 21.1. The quantitative estimate of drug-likeness (QED) is 0.432. The van der Waals surface area contributed by atoms with Crippen LogP contribution < -0.4 is 14.8 Å². The Hall–Kier alpha value is -2.16. The van der Waals surface area contributed by atoms with Gasteiger partial charge in [0.2, 0.25) is 0 Å². The molecule has 2 N–H and O–H groups in total. The van der Waals surface area contributed by atoms with Crippen LogP contribution in [-0.2, 0) is 13.2 Å². The standard InChI is InChI=1S/C19H23BrN2O5/c1-3-26-18-8-15(11-21-10-13(2)23)17(20)9-19(18)27-12-14-4-6-16(7-5-14)22(24)25/h4-9,13,21,23H,3,10-12H2,1-2H3. The van der Waals surface area contributed by atoms with Crippen LogP contribution in [0, 0.1) is 10.1 Å². The molecule has 0 spiro atoms. The van der Waals surface area contributed by atoms with E-state index in [9.17, 15) is 15.2 Å². The third-order valence-electron chi connectivity index (χ3n) is 3.71. The summed E-state index contributed by atoms with van der Waals surface area (Å²) in [4.78, 5) is 10.3. The molecule has 2 rings (SSSR count). The molecular formula is C19H23BrN2O5. The zero-order valence-corrected chi connectivity index (χ0v) is 16.9. The molecule has 8 heteroatoms. The Bertz CT molecular complexity index is 765. The van der Waals surface area contributed by atoms with Crippen molar-refractivity contribution in [1.82, 2.24) is 5.32 Å². The number of hydrogen-bond acceptors (Lipinski definition) is 6. The molecule has 0 saturated heterocycles. The van der Waals surface area contributed by atoms with Gasteiger partial charge >= 0.3 is 0 Å². The Kier molecular flexibility index (Phi) is 8.02. The van der Waals surface area contributed by atoms with Gasteiger partial charge in [-0.1, -0.05) is 15.9 Å². The number of non-ortho nitro benzene ring substituents is 1. The van der Waals surface area contributed by atoms with E-state index in [4.69, 9.17) is 9.47 Å². The first-order valence-corrected chi connectivity index (χ1v) is 9.40. The molecule has 0 aliphatic heterocycles. The average Bonchev–Trinajstić information content (AvgIpc) is 2.63. The molecule has 0 fully saturated rings. The number of nitro benzene ring substituents is 1. The predicted molar refractivity (Wildman–Crippen MR) is 106 cm³/mol. The molecule has 0 bridgehead atoms. The van der Waals surface area contributed by atoms with Gasteiger partial charge in [0.1, 0.15) is 6.61 Å². The highest BCUT2D eigenvalue weighted by Gasteiger charge is 2.12. The van der Waals surface area contributed by atoms with Crippen LogP contribution in [0.15, 0.2) is 40.9 Å². The SMILES string of the molecule is CCOc1cc(CNCC(C)O)c(Br)cc1OCc1ccc([N+](=O)[O-])cc1. The number of rotatable bonds is 10. The summed E-state index contributed by atoms with van der Waals surface area (Å²) < 4.78 is 12.4. The lowest BCUT2D eigenvalue weighted by atomic mass is 10.2. The fourth-order valence-electron chi connectivity index (χ4n) is 2.38. The van der Waals surface area contributed by atoms with Crippen molar-refractivity contribution in [2.45, 2.75) is 33.1 Å². The molecular weight excluding hydrogens is 416 g/mol. The van der Waals surface area contributed by atoms with E-state index < -0.39 is 11.0 Å². The summed E-state index contributed by atoms with van der Waals surface area (Å²) in [7, 11) is 0.